The number of rotatable bonds is 4. The lowest BCUT2D eigenvalue weighted by molar-refractivity contribution is -0.125. The molecule has 184 valence electrons. The number of hydrogen-bond acceptors (Lipinski definition) is 7. The third-order valence-electron chi connectivity index (χ3n) is 5.82. The second-order valence-corrected chi connectivity index (χ2v) is 9.74. The Kier molecular flexibility index (Phi) is 7.70. The highest BCUT2D eigenvalue weighted by atomic mass is 32.2. The summed E-state index contributed by atoms with van der Waals surface area (Å²) in [5.41, 5.74) is -0.162. The molecule has 0 bridgehead atoms. The molecule has 3 rings (SSSR count). The Labute approximate surface area is 196 Å². The molecule has 1 aromatic carbocycles. The van der Waals surface area contributed by atoms with Crippen molar-refractivity contribution >= 4 is 33.8 Å². The fourth-order valence-electron chi connectivity index (χ4n) is 3.83. The van der Waals surface area contributed by atoms with E-state index in [1.807, 2.05) is 0 Å². The second-order valence-electron chi connectivity index (χ2n) is 7.98. The first-order valence-electron chi connectivity index (χ1n) is 10.4. The molecule has 3 N–H and O–H groups in total. The number of ether oxygens (including phenoxy) is 1. The van der Waals surface area contributed by atoms with Gasteiger partial charge in [0.1, 0.15) is 24.0 Å². The van der Waals surface area contributed by atoms with Crippen molar-refractivity contribution in [2.75, 3.05) is 32.6 Å². The molecule has 2 aliphatic rings. The van der Waals surface area contributed by atoms with E-state index in [2.05, 4.69) is 20.1 Å². The van der Waals surface area contributed by atoms with Gasteiger partial charge in [0.2, 0.25) is 11.8 Å². The van der Waals surface area contributed by atoms with E-state index in [1.165, 1.54) is 25.1 Å². The molecular weight excluding hydrogens is 471 g/mol. The zero-order valence-electron chi connectivity index (χ0n) is 18.6. The number of carbonyl (C=O) groups excluding carboxylic acids is 3. The molecule has 0 radical (unpaired) electrons. The number of piperidine rings is 1. The summed E-state index contributed by atoms with van der Waals surface area (Å²) < 4.78 is 46.4. The van der Waals surface area contributed by atoms with E-state index in [4.69, 9.17) is 5.26 Å². The van der Waals surface area contributed by atoms with Crippen LogP contribution in [0.2, 0.25) is 0 Å². The molecule has 2 aliphatic heterocycles. The van der Waals surface area contributed by atoms with Crippen molar-refractivity contribution in [1.82, 2.24) is 19.2 Å². The Morgan fingerprint density at radius 2 is 1.91 bits per heavy atom. The fraction of sp³-hybridized carbons (Fsp3) is 0.500. The molecule has 2 unspecified atom stereocenters. The first kappa shape index (κ1) is 25.3. The number of carbonyl (C=O) groups is 3. The lowest BCUT2D eigenvalue weighted by Crippen LogP contribution is -2.63. The minimum atomic E-state index is -4.15. The molecule has 2 atom stereocenters. The monoisotopic (exact) mass is 496 g/mol. The van der Waals surface area contributed by atoms with E-state index >= 15 is 0 Å². The topological polar surface area (TPSA) is 161 Å². The number of methoxy groups -OCH3 is 1. The van der Waals surface area contributed by atoms with Gasteiger partial charge in [-0.15, -0.1) is 0 Å². The van der Waals surface area contributed by atoms with Gasteiger partial charge in [-0.2, -0.15) is 22.7 Å². The summed E-state index contributed by atoms with van der Waals surface area (Å²) in [4.78, 5) is 38.7. The number of nitrogens with zero attached hydrogens (tertiary/aromatic N) is 3. The molecule has 1 aromatic rings. The van der Waals surface area contributed by atoms with Crippen LogP contribution in [-0.4, -0.2) is 80.9 Å². The zero-order chi connectivity index (χ0) is 25.0. The largest absolute Gasteiger partial charge is 0.453 e. The fourth-order valence-corrected chi connectivity index (χ4v) is 5.08. The number of nitriles is 1. The first-order valence-corrected chi connectivity index (χ1v) is 11.9. The summed E-state index contributed by atoms with van der Waals surface area (Å²) in [6, 6.07) is 2.36. The Hall–Kier alpha value is -3.28. The van der Waals surface area contributed by atoms with Gasteiger partial charge >= 0.3 is 6.09 Å². The van der Waals surface area contributed by atoms with Crippen molar-refractivity contribution in [3.8, 4) is 6.07 Å². The molecule has 0 saturated carbocycles. The van der Waals surface area contributed by atoms with Crippen LogP contribution in [0.3, 0.4) is 0 Å². The zero-order valence-corrected chi connectivity index (χ0v) is 19.4. The summed E-state index contributed by atoms with van der Waals surface area (Å²) in [6.45, 7) is 0.758. The number of likely N-dealkylation sites (tertiary alicyclic amines) is 1. The van der Waals surface area contributed by atoms with Crippen molar-refractivity contribution in [1.29, 1.82) is 5.26 Å². The van der Waals surface area contributed by atoms with Crippen LogP contribution in [0, 0.1) is 17.1 Å². The summed E-state index contributed by atoms with van der Waals surface area (Å²) in [7, 11) is -1.66. The lowest BCUT2D eigenvalue weighted by atomic mass is 10.0. The Balaban J connectivity index is 1.66. The number of amides is 3. The number of hydrogen-bond donors (Lipinski definition) is 3. The van der Waals surface area contributed by atoms with Gasteiger partial charge in [-0.25, -0.2) is 9.18 Å². The second kappa shape index (κ2) is 10.3. The predicted molar refractivity (Wildman–Crippen MR) is 117 cm³/mol. The number of halogens is 1. The molecule has 2 heterocycles. The average Bonchev–Trinajstić information content (AvgIpc) is 2.81. The third kappa shape index (κ3) is 5.61. The first-order chi connectivity index (χ1) is 16.1. The van der Waals surface area contributed by atoms with Gasteiger partial charge in [0, 0.05) is 31.9 Å². The number of anilines is 1. The maximum absolute atomic E-state index is 13.5. The van der Waals surface area contributed by atoms with Crippen LogP contribution in [0.1, 0.15) is 24.8 Å². The van der Waals surface area contributed by atoms with E-state index in [1.54, 1.807) is 6.07 Å². The van der Waals surface area contributed by atoms with E-state index in [0.717, 1.165) is 16.4 Å². The molecule has 12 nitrogen and oxygen atoms in total. The molecule has 34 heavy (non-hydrogen) atoms. The molecule has 3 amide bonds. The lowest BCUT2D eigenvalue weighted by Gasteiger charge is -2.37. The van der Waals surface area contributed by atoms with E-state index < -0.39 is 46.0 Å². The van der Waals surface area contributed by atoms with E-state index in [9.17, 15) is 27.2 Å². The smallest absolute Gasteiger partial charge is 0.409 e. The van der Waals surface area contributed by atoms with Crippen molar-refractivity contribution in [2.45, 2.75) is 37.4 Å². The minimum Gasteiger partial charge on any atom is -0.453 e. The minimum absolute atomic E-state index is 0.116. The van der Waals surface area contributed by atoms with E-state index in [0.29, 0.717) is 25.9 Å². The highest BCUT2D eigenvalue weighted by molar-refractivity contribution is 7.87. The quantitative estimate of drug-likeness (QED) is 0.524. The van der Waals surface area contributed by atoms with Crippen molar-refractivity contribution < 1.29 is 31.9 Å². The summed E-state index contributed by atoms with van der Waals surface area (Å²) in [5, 5.41) is 14.2. The van der Waals surface area contributed by atoms with Gasteiger partial charge in [0.05, 0.1) is 12.7 Å². The highest BCUT2D eigenvalue weighted by Crippen LogP contribution is 2.21. The van der Waals surface area contributed by atoms with Crippen LogP contribution in [0.15, 0.2) is 18.2 Å². The molecular formula is C20H25FN6O6S. The SMILES string of the molecule is COC(=O)N1CCC(NC(=O)C2CC(C(=O)Nc3ccc(F)c(C#N)c3)N(C)S(=O)(=O)N2)CC1. The summed E-state index contributed by atoms with van der Waals surface area (Å²) in [5.74, 6) is -2.07. The van der Waals surface area contributed by atoms with Gasteiger partial charge in [0.25, 0.3) is 10.2 Å². The summed E-state index contributed by atoms with van der Waals surface area (Å²) in [6.07, 6.45) is 0.330. The van der Waals surface area contributed by atoms with Crippen molar-refractivity contribution in [3.63, 3.8) is 0 Å². The Morgan fingerprint density at radius 1 is 1.24 bits per heavy atom. The maximum Gasteiger partial charge on any atom is 0.409 e. The molecule has 0 aliphatic carbocycles. The summed E-state index contributed by atoms with van der Waals surface area (Å²) >= 11 is 0. The number of nitrogens with one attached hydrogen (secondary N) is 3. The Morgan fingerprint density at radius 3 is 2.53 bits per heavy atom. The van der Waals surface area contributed by atoms with Crippen LogP contribution in [-0.2, 0) is 24.5 Å². The van der Waals surface area contributed by atoms with Gasteiger partial charge in [0.15, 0.2) is 0 Å². The predicted octanol–water partition coefficient (Wildman–Crippen LogP) is -0.110. The van der Waals surface area contributed by atoms with Gasteiger partial charge in [-0.1, -0.05) is 0 Å². The highest BCUT2D eigenvalue weighted by Gasteiger charge is 2.43. The molecule has 14 heteroatoms. The van der Waals surface area contributed by atoms with Crippen LogP contribution in [0.5, 0.6) is 0 Å². The molecule has 0 aromatic heterocycles. The third-order valence-corrected chi connectivity index (χ3v) is 7.41. The standard InChI is InChI=1S/C20H25FN6O6S/c1-26-17(19(29)24-14-3-4-15(21)12(9-14)11-22)10-16(25-34(26,31)32)18(28)23-13-5-7-27(8-6-13)20(30)33-2/h3-4,9,13,16-17,25H,5-8,10H2,1-2H3,(H,23,28)(H,24,29). The molecule has 2 fully saturated rings. The Bertz CT molecular complexity index is 1120. The van der Waals surface area contributed by atoms with Crippen molar-refractivity contribution in [2.24, 2.45) is 0 Å². The number of benzene rings is 1. The maximum atomic E-state index is 13.5. The van der Waals surface area contributed by atoms with Gasteiger partial charge in [-0.3, -0.25) is 9.59 Å². The van der Waals surface area contributed by atoms with Crippen LogP contribution >= 0.6 is 0 Å². The molecule has 0 spiro atoms. The van der Waals surface area contributed by atoms with Gasteiger partial charge < -0.3 is 20.3 Å². The number of likely N-dealkylation sites (N-methyl/N-ethyl adjacent to an activating group) is 1. The van der Waals surface area contributed by atoms with Crippen LogP contribution in [0.4, 0.5) is 14.9 Å². The van der Waals surface area contributed by atoms with E-state index in [-0.39, 0.29) is 23.7 Å². The van der Waals surface area contributed by atoms with Crippen molar-refractivity contribution in [3.05, 3.63) is 29.6 Å². The van der Waals surface area contributed by atoms with Crippen LogP contribution < -0.4 is 15.4 Å². The molecule has 2 saturated heterocycles. The normalized spacial score (nSPS) is 22.9. The van der Waals surface area contributed by atoms with Gasteiger partial charge in [-0.05, 0) is 37.5 Å². The average molecular weight is 497 g/mol. The van der Waals surface area contributed by atoms with Crippen LogP contribution in [0.25, 0.3) is 0 Å².